The van der Waals surface area contributed by atoms with Crippen LogP contribution in [-0.2, 0) is 5.41 Å². The number of anilines is 1. The van der Waals surface area contributed by atoms with E-state index in [1.54, 1.807) is 0 Å². The summed E-state index contributed by atoms with van der Waals surface area (Å²) in [6, 6.07) is 8.54. The molecule has 0 saturated carbocycles. The van der Waals surface area contributed by atoms with Crippen LogP contribution in [0.2, 0.25) is 0 Å². The number of carbonyl (C=O) groups is 1. The third kappa shape index (κ3) is 3.76. The molecule has 1 fully saturated rings. The van der Waals surface area contributed by atoms with E-state index in [0.717, 1.165) is 18.8 Å². The van der Waals surface area contributed by atoms with Gasteiger partial charge in [-0.25, -0.2) is 4.79 Å². The number of rotatable bonds is 1. The Labute approximate surface area is 127 Å². The summed E-state index contributed by atoms with van der Waals surface area (Å²) in [4.78, 5) is 14.4. The van der Waals surface area contributed by atoms with Crippen molar-refractivity contribution in [2.75, 3.05) is 18.4 Å². The Hall–Kier alpha value is -1.55. The highest BCUT2D eigenvalue weighted by molar-refractivity contribution is 5.89. The molecule has 1 aromatic carbocycles. The van der Waals surface area contributed by atoms with Crippen LogP contribution in [-0.4, -0.2) is 36.1 Å². The van der Waals surface area contributed by atoms with Crippen LogP contribution in [0.1, 0.15) is 40.2 Å². The fourth-order valence-electron chi connectivity index (χ4n) is 2.77. The first-order valence-corrected chi connectivity index (χ1v) is 7.69. The molecule has 2 amide bonds. The lowest BCUT2D eigenvalue weighted by atomic mass is 9.87. The van der Waals surface area contributed by atoms with Crippen LogP contribution < -0.4 is 10.6 Å². The van der Waals surface area contributed by atoms with Crippen molar-refractivity contribution < 1.29 is 4.79 Å². The third-order valence-electron chi connectivity index (χ3n) is 4.07. The molecule has 1 saturated heterocycles. The molecule has 0 spiro atoms. The van der Waals surface area contributed by atoms with Crippen molar-refractivity contribution in [1.82, 2.24) is 10.2 Å². The monoisotopic (exact) mass is 289 g/mol. The van der Waals surface area contributed by atoms with Crippen LogP contribution >= 0.6 is 0 Å². The Morgan fingerprint density at radius 2 is 1.67 bits per heavy atom. The van der Waals surface area contributed by atoms with Crippen molar-refractivity contribution in [2.45, 2.75) is 52.1 Å². The van der Waals surface area contributed by atoms with Gasteiger partial charge in [0, 0.05) is 30.9 Å². The quantitative estimate of drug-likeness (QED) is 0.834. The Balaban J connectivity index is 2.05. The Morgan fingerprint density at radius 3 is 2.14 bits per heavy atom. The second-order valence-corrected chi connectivity index (χ2v) is 7.02. The van der Waals surface area contributed by atoms with Crippen LogP contribution in [0.5, 0.6) is 0 Å². The molecule has 2 unspecified atom stereocenters. The lowest BCUT2D eigenvalue weighted by Gasteiger charge is -2.39. The van der Waals surface area contributed by atoms with Crippen LogP contribution in [0.3, 0.4) is 0 Å². The maximum absolute atomic E-state index is 12.5. The third-order valence-corrected chi connectivity index (χ3v) is 4.07. The van der Waals surface area contributed by atoms with Crippen molar-refractivity contribution in [2.24, 2.45) is 0 Å². The van der Waals surface area contributed by atoms with Gasteiger partial charge >= 0.3 is 6.03 Å². The molecule has 0 radical (unpaired) electrons. The molecule has 1 aromatic rings. The van der Waals surface area contributed by atoms with Crippen molar-refractivity contribution >= 4 is 11.7 Å². The second kappa shape index (κ2) is 6.06. The van der Waals surface area contributed by atoms with E-state index in [9.17, 15) is 4.79 Å². The number of nitrogens with one attached hydrogen (secondary N) is 2. The Morgan fingerprint density at radius 1 is 1.14 bits per heavy atom. The molecule has 0 aromatic heterocycles. The van der Waals surface area contributed by atoms with Gasteiger partial charge in [-0.05, 0) is 37.0 Å². The maximum atomic E-state index is 12.5. The zero-order valence-electron chi connectivity index (χ0n) is 13.7. The summed E-state index contributed by atoms with van der Waals surface area (Å²) < 4.78 is 0. The van der Waals surface area contributed by atoms with E-state index in [1.807, 2.05) is 17.0 Å². The van der Waals surface area contributed by atoms with Crippen LogP contribution in [0.4, 0.5) is 10.5 Å². The molecule has 0 bridgehead atoms. The zero-order chi connectivity index (χ0) is 15.6. The van der Waals surface area contributed by atoms with Crippen LogP contribution in [0.25, 0.3) is 0 Å². The van der Waals surface area contributed by atoms with Gasteiger partial charge < -0.3 is 15.5 Å². The Kier molecular flexibility index (Phi) is 4.57. The number of amides is 2. The van der Waals surface area contributed by atoms with Gasteiger partial charge in [-0.3, -0.25) is 0 Å². The van der Waals surface area contributed by atoms with E-state index in [2.05, 4.69) is 57.4 Å². The number of benzene rings is 1. The molecule has 2 atom stereocenters. The minimum atomic E-state index is -0.0139. The molecule has 2 N–H and O–H groups in total. The topological polar surface area (TPSA) is 44.4 Å². The molecule has 4 heteroatoms. The van der Waals surface area contributed by atoms with Crippen LogP contribution in [0.15, 0.2) is 24.3 Å². The Bertz CT molecular complexity index is 480. The number of urea groups is 1. The van der Waals surface area contributed by atoms with Gasteiger partial charge in [-0.15, -0.1) is 0 Å². The largest absolute Gasteiger partial charge is 0.322 e. The van der Waals surface area contributed by atoms with Crippen molar-refractivity contribution in [3.63, 3.8) is 0 Å². The summed E-state index contributed by atoms with van der Waals surface area (Å²) in [6.45, 7) is 12.4. The summed E-state index contributed by atoms with van der Waals surface area (Å²) >= 11 is 0. The average Bonchev–Trinajstić information content (AvgIpc) is 2.38. The SMILES string of the molecule is CC1CNCC(C)N1C(=O)Nc1ccc(C(C)(C)C)cc1. The zero-order valence-corrected chi connectivity index (χ0v) is 13.7. The number of nitrogens with zero attached hydrogens (tertiary/aromatic N) is 1. The first-order chi connectivity index (χ1) is 9.79. The molecule has 116 valence electrons. The molecular weight excluding hydrogens is 262 g/mol. The summed E-state index contributed by atoms with van der Waals surface area (Å²) in [5, 5.41) is 6.35. The molecular formula is C17H27N3O. The van der Waals surface area contributed by atoms with Gasteiger partial charge in [0.15, 0.2) is 0 Å². The van der Waals surface area contributed by atoms with Crippen molar-refractivity contribution in [1.29, 1.82) is 0 Å². The smallest absolute Gasteiger partial charge is 0.317 e. The first kappa shape index (κ1) is 15.8. The van der Waals surface area contributed by atoms with Gasteiger partial charge in [-0.1, -0.05) is 32.9 Å². The highest BCUT2D eigenvalue weighted by Gasteiger charge is 2.28. The average molecular weight is 289 g/mol. The molecule has 0 aliphatic carbocycles. The normalized spacial score (nSPS) is 23.0. The summed E-state index contributed by atoms with van der Waals surface area (Å²) in [5.74, 6) is 0. The number of hydrogen-bond acceptors (Lipinski definition) is 2. The molecule has 4 nitrogen and oxygen atoms in total. The number of carbonyl (C=O) groups excluding carboxylic acids is 1. The van der Waals surface area contributed by atoms with Gasteiger partial charge in [0.05, 0.1) is 0 Å². The highest BCUT2D eigenvalue weighted by Crippen LogP contribution is 2.23. The summed E-state index contributed by atoms with van der Waals surface area (Å²) in [6.07, 6.45) is 0. The van der Waals surface area contributed by atoms with Gasteiger partial charge in [0.2, 0.25) is 0 Å². The fourth-order valence-corrected chi connectivity index (χ4v) is 2.77. The molecule has 1 aliphatic heterocycles. The predicted octanol–water partition coefficient (Wildman–Crippen LogP) is 3.20. The minimum absolute atomic E-state index is 0.0139. The summed E-state index contributed by atoms with van der Waals surface area (Å²) in [7, 11) is 0. The second-order valence-electron chi connectivity index (χ2n) is 7.02. The standard InChI is InChI=1S/C17H27N3O/c1-12-10-18-11-13(2)20(12)16(21)19-15-8-6-14(7-9-15)17(3,4)5/h6-9,12-13,18H,10-11H2,1-5H3,(H,19,21). The maximum Gasteiger partial charge on any atom is 0.322 e. The lowest BCUT2D eigenvalue weighted by Crippen LogP contribution is -2.58. The van der Waals surface area contributed by atoms with Crippen molar-refractivity contribution in [3.8, 4) is 0 Å². The van der Waals surface area contributed by atoms with Crippen LogP contribution in [0, 0.1) is 0 Å². The van der Waals surface area contributed by atoms with E-state index in [-0.39, 0.29) is 23.5 Å². The van der Waals surface area contributed by atoms with E-state index < -0.39 is 0 Å². The number of piperazine rings is 1. The minimum Gasteiger partial charge on any atom is -0.317 e. The van der Waals surface area contributed by atoms with Gasteiger partial charge in [-0.2, -0.15) is 0 Å². The molecule has 1 heterocycles. The lowest BCUT2D eigenvalue weighted by molar-refractivity contribution is 0.143. The molecule has 2 rings (SSSR count). The molecule has 1 aliphatic rings. The summed E-state index contributed by atoms with van der Waals surface area (Å²) in [5.41, 5.74) is 2.25. The van der Waals surface area contributed by atoms with E-state index in [0.29, 0.717) is 0 Å². The van der Waals surface area contributed by atoms with Gasteiger partial charge in [0.25, 0.3) is 0 Å². The number of hydrogen-bond donors (Lipinski definition) is 2. The van der Waals surface area contributed by atoms with E-state index in [1.165, 1.54) is 5.56 Å². The van der Waals surface area contributed by atoms with E-state index in [4.69, 9.17) is 0 Å². The first-order valence-electron chi connectivity index (χ1n) is 7.69. The van der Waals surface area contributed by atoms with Gasteiger partial charge in [0.1, 0.15) is 0 Å². The van der Waals surface area contributed by atoms with Crippen molar-refractivity contribution in [3.05, 3.63) is 29.8 Å². The fraction of sp³-hybridized carbons (Fsp3) is 0.588. The highest BCUT2D eigenvalue weighted by atomic mass is 16.2. The predicted molar refractivity (Wildman–Crippen MR) is 87.8 cm³/mol. The van der Waals surface area contributed by atoms with E-state index >= 15 is 0 Å². The molecule has 21 heavy (non-hydrogen) atoms.